The van der Waals surface area contributed by atoms with Gasteiger partial charge in [0.05, 0.1) is 55.6 Å². The summed E-state index contributed by atoms with van der Waals surface area (Å²) in [5.74, 6) is -5.71. The number of nitrogens with zero attached hydrogens (tertiary/aromatic N) is 7. The second-order valence-corrected chi connectivity index (χ2v) is 26.9. The molecule has 0 bridgehead atoms. The largest absolute Gasteiger partial charge is 0.481 e. The number of pyridine rings is 1. The molecular weight excluding hydrogens is 1370 g/mol. The lowest BCUT2D eigenvalue weighted by Gasteiger charge is -2.29. The molecule has 512 valence electrons. The molecule has 7 amide bonds. The standard InChI is InChI=1S/C19H15FN2O4.C14H10F4N4O7S.C14H17N5O7S2.C5H12NO4P/c1-2-7-21-15-9-14(13(20)8-16(15)26-10-17(21)23)22-18(24)11-5-3-4-6-12(11)19(22)25;15-11(16)28-8-5-9(29-12(17)18)20-13(19-8)21-14(25)22-30(26,27)7-4-2-1-3-6(7)10(23)24;1-4-27(21,22)9-6-5-7-15-12(9)28(23,24)19-14(20)18-13-16-10(25-2)8-11(17-13)26-3;1-11(9,10)3-2-4(6)5(7)8/h1,8-9H,3-7,10H2;1-5,11-12H,(H,23,24)(H2,19,20,21,22,25);5-8H,4H2,1-3H3,(H2,16,17,18,19,20);4H,2-3,6H2,1H3,(H,7,8)(H,9,10). The van der Waals surface area contributed by atoms with Gasteiger partial charge in [-0.15, -0.1) is 6.42 Å². The van der Waals surface area contributed by atoms with E-state index in [4.69, 9.17) is 41.5 Å². The van der Waals surface area contributed by atoms with E-state index in [9.17, 15) is 85.3 Å². The van der Waals surface area contributed by atoms with Crippen molar-refractivity contribution in [2.24, 2.45) is 5.73 Å². The maximum absolute atomic E-state index is 14.7. The average molecular weight is 1420 g/mol. The molecule has 2 unspecified atom stereocenters. The number of ether oxygens (including phenoxy) is 5. The molecule has 3 aromatic heterocycles. The molecular formula is C52H54F5N12O22PS3. The van der Waals surface area contributed by atoms with Crippen molar-refractivity contribution in [1.29, 1.82) is 0 Å². The maximum Gasteiger partial charge on any atom is 0.388 e. The Morgan fingerprint density at radius 1 is 0.768 bits per heavy atom. The number of aromatic carboxylic acids is 1. The van der Waals surface area contributed by atoms with Gasteiger partial charge in [-0.05, 0) is 62.4 Å². The van der Waals surface area contributed by atoms with Gasteiger partial charge in [0.1, 0.15) is 21.6 Å². The highest BCUT2D eigenvalue weighted by Gasteiger charge is 2.42. The molecule has 0 saturated carbocycles. The number of fused-ring (bicyclic) bond motifs is 1. The highest BCUT2D eigenvalue weighted by atomic mass is 32.2. The van der Waals surface area contributed by atoms with Crippen LogP contribution >= 0.6 is 7.37 Å². The summed E-state index contributed by atoms with van der Waals surface area (Å²) in [6.07, 6.45) is 9.11. The number of imide groups is 1. The van der Waals surface area contributed by atoms with Gasteiger partial charge in [-0.2, -0.15) is 45.9 Å². The third-order valence-corrected chi connectivity index (χ3v) is 17.9. The van der Waals surface area contributed by atoms with Gasteiger partial charge < -0.3 is 44.5 Å². The number of halogens is 5. The maximum atomic E-state index is 14.7. The highest BCUT2D eigenvalue weighted by molar-refractivity contribution is 7.93. The Morgan fingerprint density at radius 2 is 1.27 bits per heavy atom. The van der Waals surface area contributed by atoms with Crippen molar-refractivity contribution in [3.05, 3.63) is 89.4 Å². The van der Waals surface area contributed by atoms with Gasteiger partial charge in [0.25, 0.3) is 37.8 Å². The van der Waals surface area contributed by atoms with Gasteiger partial charge in [0.15, 0.2) is 34.7 Å². The van der Waals surface area contributed by atoms with Crippen LogP contribution in [0.3, 0.4) is 0 Å². The van der Waals surface area contributed by atoms with Gasteiger partial charge in [0.2, 0.25) is 35.4 Å². The van der Waals surface area contributed by atoms with Crippen molar-refractivity contribution in [3.63, 3.8) is 0 Å². The molecule has 1 aliphatic carbocycles. The van der Waals surface area contributed by atoms with E-state index in [1.807, 2.05) is 0 Å². The molecule has 2 aliphatic heterocycles. The predicted octanol–water partition coefficient (Wildman–Crippen LogP) is 3.70. The van der Waals surface area contributed by atoms with Crippen molar-refractivity contribution < 1.29 is 124 Å². The lowest BCUT2D eigenvalue weighted by Crippen LogP contribution is -2.39. The summed E-state index contributed by atoms with van der Waals surface area (Å²) in [6.45, 7) is -4.54. The number of hydrogen-bond acceptors (Lipinski definition) is 25. The monoisotopic (exact) mass is 1420 g/mol. The Bertz CT molecular complexity index is 4180. The highest BCUT2D eigenvalue weighted by Crippen LogP contribution is 2.42. The smallest absolute Gasteiger partial charge is 0.388 e. The van der Waals surface area contributed by atoms with E-state index in [-0.39, 0.29) is 72.2 Å². The number of rotatable bonds is 21. The Morgan fingerprint density at radius 3 is 1.76 bits per heavy atom. The zero-order valence-corrected chi connectivity index (χ0v) is 52.7. The van der Waals surface area contributed by atoms with Crippen LogP contribution < -0.4 is 59.3 Å². The SMILES string of the molecule is C#CCN1C(=O)COc2cc(F)c(N3C(=O)C4=C(CCCC4)C3=O)cc21.CCS(=O)(=O)c1cccnc1S(=O)(=O)NC(=O)Nc1nc(OC)cc(OC)n1.CP(=O)(O)CCC(N)C(=O)O.O=C(Nc1nc(OC(F)F)cc(OC(F)F)n1)NS(=O)(=O)c1ccccc1C(=O)O. The first-order chi connectivity index (χ1) is 44.4. The fraction of sp³-hybridized carbons (Fsp3) is 0.308. The molecule has 43 heteroatoms. The van der Waals surface area contributed by atoms with Crippen LogP contribution in [0.15, 0.2) is 92.8 Å². The van der Waals surface area contributed by atoms with Crippen molar-refractivity contribution in [2.75, 3.05) is 66.4 Å². The number of carboxylic acids is 2. The van der Waals surface area contributed by atoms with Crippen molar-refractivity contribution >= 4 is 102 Å². The number of carbonyl (C=O) groups is 7. The number of aliphatic carboxylic acids is 1. The molecule has 9 N–H and O–H groups in total. The van der Waals surface area contributed by atoms with Gasteiger partial charge in [-0.25, -0.2) is 54.9 Å². The fourth-order valence-electron chi connectivity index (χ4n) is 7.99. The summed E-state index contributed by atoms with van der Waals surface area (Å²) in [6, 6.07) is 7.03. The first kappa shape index (κ1) is 75.5. The number of urea groups is 2. The number of nitrogens with one attached hydrogen (secondary N) is 4. The van der Waals surface area contributed by atoms with Gasteiger partial charge >= 0.3 is 37.2 Å². The van der Waals surface area contributed by atoms with Gasteiger partial charge in [-0.3, -0.25) is 39.3 Å². The number of carbonyl (C=O) groups excluding carboxylic acids is 5. The first-order valence-corrected chi connectivity index (χ1v) is 33.4. The summed E-state index contributed by atoms with van der Waals surface area (Å²) >= 11 is 0. The number of methoxy groups -OCH3 is 2. The first-order valence-electron chi connectivity index (χ1n) is 26.5. The number of aromatic nitrogens is 5. The number of anilines is 4. The second-order valence-electron chi connectivity index (χ2n) is 18.9. The number of nitrogens with two attached hydrogens (primary N) is 1. The van der Waals surface area contributed by atoms with Crippen LogP contribution in [0.2, 0.25) is 0 Å². The van der Waals surface area contributed by atoms with Gasteiger partial charge in [0, 0.05) is 36.2 Å². The lowest BCUT2D eigenvalue weighted by molar-refractivity contribution is -0.138. The van der Waals surface area contributed by atoms with E-state index in [2.05, 4.69) is 45.6 Å². The minimum atomic E-state index is -4.71. The number of benzene rings is 2. The second kappa shape index (κ2) is 32.6. The number of carboxylic acid groups (broad SMARTS) is 2. The van der Waals surface area contributed by atoms with Crippen LogP contribution in [0.1, 0.15) is 49.4 Å². The molecule has 0 radical (unpaired) electrons. The minimum Gasteiger partial charge on any atom is -0.481 e. The van der Waals surface area contributed by atoms with E-state index >= 15 is 0 Å². The fourth-order valence-corrected chi connectivity index (χ4v) is 12.4. The zero-order valence-electron chi connectivity index (χ0n) is 49.4. The molecule has 5 heterocycles. The number of alkyl halides is 4. The van der Waals surface area contributed by atoms with Crippen molar-refractivity contribution in [3.8, 4) is 41.6 Å². The molecule has 0 spiro atoms. The molecule has 0 saturated heterocycles. The molecule has 5 aromatic rings. The third kappa shape index (κ3) is 20.9. The van der Waals surface area contributed by atoms with E-state index < -0.39 is 136 Å². The summed E-state index contributed by atoms with van der Waals surface area (Å²) in [5, 5.41) is 20.3. The predicted molar refractivity (Wildman–Crippen MR) is 316 cm³/mol. The van der Waals surface area contributed by atoms with Crippen molar-refractivity contribution in [1.82, 2.24) is 34.4 Å². The van der Waals surface area contributed by atoms with E-state index in [1.165, 1.54) is 67.8 Å². The number of sulfone groups is 1. The summed E-state index contributed by atoms with van der Waals surface area (Å²) in [4.78, 5) is 110. The average Bonchev–Trinajstić information content (AvgIpc) is 1.67. The lowest BCUT2D eigenvalue weighted by atomic mass is 9.93. The van der Waals surface area contributed by atoms with E-state index in [1.54, 1.807) is 10.0 Å². The van der Waals surface area contributed by atoms with Crippen LogP contribution in [0, 0.1) is 18.2 Å². The van der Waals surface area contributed by atoms with E-state index in [0.717, 1.165) is 48.2 Å². The molecule has 95 heavy (non-hydrogen) atoms. The number of amides is 7. The minimum absolute atomic E-state index is 0.0170. The molecule has 2 atom stereocenters. The summed E-state index contributed by atoms with van der Waals surface area (Å²) < 4.78 is 174. The zero-order chi connectivity index (χ0) is 70.9. The topological polar surface area (TPSA) is 491 Å². The van der Waals surface area contributed by atoms with Gasteiger partial charge in [-0.1, -0.05) is 25.0 Å². The Kier molecular flexibility index (Phi) is 25.9. The number of hydrogen-bond donors (Lipinski definition) is 8. The summed E-state index contributed by atoms with van der Waals surface area (Å²) in [7, 11) is -13.7. The van der Waals surface area contributed by atoms with Crippen LogP contribution in [0.4, 0.5) is 54.8 Å². The van der Waals surface area contributed by atoms with Crippen LogP contribution in [-0.4, -0.2) is 172 Å². The Labute approximate surface area is 534 Å². The van der Waals surface area contributed by atoms with E-state index in [0.29, 0.717) is 30.1 Å². The number of terminal acetylenes is 1. The molecule has 34 nitrogen and oxygen atoms in total. The normalized spacial score (nSPS) is 14.4. The molecule has 0 fully saturated rings. The molecule has 8 rings (SSSR count). The quantitative estimate of drug-likeness (QED) is 0.0225. The third-order valence-electron chi connectivity index (χ3n) is 12.2. The number of sulfonamides is 2. The van der Waals surface area contributed by atoms with Crippen LogP contribution in [-0.2, 0) is 53.6 Å². The summed E-state index contributed by atoms with van der Waals surface area (Å²) in [5.41, 5.74) is 5.44. The molecule has 2 aromatic carbocycles. The van der Waals surface area contributed by atoms with Crippen molar-refractivity contribution in [2.45, 2.75) is 73.1 Å². The Hall–Kier alpha value is -10.2. The Balaban J connectivity index is 0.000000239. The molecule has 3 aliphatic rings. The van der Waals surface area contributed by atoms with Crippen LogP contribution in [0.5, 0.6) is 29.3 Å². The van der Waals surface area contributed by atoms with Crippen LogP contribution in [0.25, 0.3) is 0 Å².